The summed E-state index contributed by atoms with van der Waals surface area (Å²) in [4.78, 5) is 2.50. The number of anilines is 3. The minimum absolute atomic E-state index is 0.0196. The van der Waals surface area contributed by atoms with E-state index in [2.05, 4.69) is 170 Å². The molecule has 1 nitrogen and oxygen atoms in total. The largest absolute Gasteiger partial charge is 0.309 e. The molecule has 1 heteroatoms. The molecular formula is C43H35N. The van der Waals surface area contributed by atoms with Crippen LogP contribution >= 0.6 is 0 Å². The van der Waals surface area contributed by atoms with Crippen molar-refractivity contribution in [3.63, 3.8) is 0 Å². The number of nitrogens with zero attached hydrogens (tertiary/aromatic N) is 1. The normalized spacial score (nSPS) is 14.9. The van der Waals surface area contributed by atoms with Crippen molar-refractivity contribution in [2.24, 2.45) is 0 Å². The summed E-state index contributed by atoms with van der Waals surface area (Å²) in [5.74, 6) is 0. The molecule has 44 heavy (non-hydrogen) atoms. The van der Waals surface area contributed by atoms with Gasteiger partial charge in [-0.05, 0) is 82.0 Å². The van der Waals surface area contributed by atoms with Crippen molar-refractivity contribution in [3.8, 4) is 22.3 Å². The molecule has 0 aromatic heterocycles. The molecule has 0 N–H and O–H groups in total. The molecule has 2 aliphatic rings. The van der Waals surface area contributed by atoms with Crippen LogP contribution in [0.1, 0.15) is 37.8 Å². The number of hydrogen-bond acceptors (Lipinski definition) is 1. The summed E-state index contributed by atoms with van der Waals surface area (Å²) in [6.45, 7) is 4.83. The summed E-state index contributed by atoms with van der Waals surface area (Å²) in [7, 11) is 0. The average molecular weight is 566 g/mol. The van der Waals surface area contributed by atoms with Crippen LogP contribution in [0.2, 0.25) is 0 Å². The van der Waals surface area contributed by atoms with E-state index in [4.69, 9.17) is 0 Å². The minimum Gasteiger partial charge on any atom is -0.309 e. The van der Waals surface area contributed by atoms with Crippen LogP contribution in [0, 0.1) is 0 Å². The molecule has 0 fully saturated rings. The Kier molecular flexibility index (Phi) is 6.34. The van der Waals surface area contributed by atoms with Gasteiger partial charge >= 0.3 is 0 Å². The van der Waals surface area contributed by atoms with E-state index < -0.39 is 0 Å². The molecule has 0 atom stereocenters. The quantitative estimate of drug-likeness (QED) is 0.201. The van der Waals surface area contributed by atoms with Gasteiger partial charge in [0.15, 0.2) is 0 Å². The fraction of sp³-hybridized carbons (Fsp3) is 0.116. The summed E-state index contributed by atoms with van der Waals surface area (Å²) in [5, 5.41) is 2.55. The van der Waals surface area contributed by atoms with Gasteiger partial charge in [0.1, 0.15) is 0 Å². The molecule has 0 saturated carbocycles. The van der Waals surface area contributed by atoms with Crippen molar-refractivity contribution in [3.05, 3.63) is 168 Å². The zero-order valence-corrected chi connectivity index (χ0v) is 25.3. The number of hydrogen-bond donors (Lipinski definition) is 0. The Hall–Kier alpha value is -5.14. The summed E-state index contributed by atoms with van der Waals surface area (Å²) >= 11 is 0. The van der Waals surface area contributed by atoms with Crippen LogP contribution in [-0.2, 0) is 5.41 Å². The third-order valence-electron chi connectivity index (χ3n) is 9.58. The summed E-state index contributed by atoms with van der Waals surface area (Å²) in [5.41, 5.74) is 14.2. The summed E-state index contributed by atoms with van der Waals surface area (Å²) < 4.78 is 0. The second-order valence-corrected chi connectivity index (χ2v) is 12.5. The standard InChI is InChI=1S/C43H35N/c1-43(2)39-20-12-11-19-38(39)41-40(43)29-34-17-9-10-18-37(34)42(41)44(35-25-21-32(22-26-35)30-13-5-3-6-14-30)36-27-23-33(24-28-36)31-15-7-4-8-16-31/h3-11,13-19,21-29H,12,20H2,1-2H3. The Bertz CT molecular complexity index is 1960. The predicted molar refractivity (Wildman–Crippen MR) is 188 cm³/mol. The second kappa shape index (κ2) is 10.5. The molecular weight excluding hydrogens is 530 g/mol. The fourth-order valence-corrected chi connectivity index (χ4v) is 7.31. The maximum absolute atomic E-state index is 2.50. The van der Waals surface area contributed by atoms with Crippen LogP contribution in [-0.4, -0.2) is 0 Å². The van der Waals surface area contributed by atoms with Gasteiger partial charge in [-0.1, -0.05) is 141 Å². The number of benzene rings is 6. The van der Waals surface area contributed by atoms with E-state index in [1.54, 1.807) is 5.57 Å². The highest BCUT2D eigenvalue weighted by Gasteiger charge is 2.40. The maximum atomic E-state index is 2.50. The Morgan fingerprint density at radius 3 is 1.68 bits per heavy atom. The van der Waals surface area contributed by atoms with E-state index in [1.807, 2.05) is 0 Å². The van der Waals surface area contributed by atoms with Crippen molar-refractivity contribution in [1.29, 1.82) is 0 Å². The summed E-state index contributed by atoms with van der Waals surface area (Å²) in [6.07, 6.45) is 6.97. The maximum Gasteiger partial charge on any atom is 0.0621 e. The lowest BCUT2D eigenvalue weighted by atomic mass is 9.78. The van der Waals surface area contributed by atoms with Gasteiger partial charge in [0.05, 0.1) is 5.69 Å². The van der Waals surface area contributed by atoms with Crippen molar-refractivity contribution in [2.75, 3.05) is 4.90 Å². The first-order valence-corrected chi connectivity index (χ1v) is 15.7. The monoisotopic (exact) mass is 565 g/mol. The van der Waals surface area contributed by atoms with E-state index in [0.717, 1.165) is 24.2 Å². The molecule has 8 rings (SSSR count). The number of allylic oxidation sites excluding steroid dienone is 4. The molecule has 0 saturated heterocycles. The lowest BCUT2D eigenvalue weighted by Gasteiger charge is -2.31. The Labute approximate surface area is 260 Å². The molecule has 0 bridgehead atoms. The molecule has 2 aliphatic carbocycles. The predicted octanol–water partition coefficient (Wildman–Crippen LogP) is 12.0. The van der Waals surface area contributed by atoms with Crippen LogP contribution in [0.4, 0.5) is 17.1 Å². The van der Waals surface area contributed by atoms with E-state index in [9.17, 15) is 0 Å². The molecule has 0 radical (unpaired) electrons. The molecule has 0 aliphatic heterocycles. The lowest BCUT2D eigenvalue weighted by Crippen LogP contribution is -2.18. The van der Waals surface area contributed by atoms with Gasteiger partial charge in [-0.15, -0.1) is 0 Å². The Balaban J connectivity index is 1.38. The van der Waals surface area contributed by atoms with Crippen molar-refractivity contribution in [2.45, 2.75) is 32.1 Å². The van der Waals surface area contributed by atoms with E-state index in [-0.39, 0.29) is 5.41 Å². The molecule has 212 valence electrons. The topological polar surface area (TPSA) is 3.24 Å². The molecule has 0 amide bonds. The lowest BCUT2D eigenvalue weighted by molar-refractivity contribution is 0.608. The number of rotatable bonds is 5. The van der Waals surface area contributed by atoms with Crippen molar-refractivity contribution >= 4 is 33.4 Å². The van der Waals surface area contributed by atoms with Gasteiger partial charge in [-0.3, -0.25) is 0 Å². The summed E-state index contributed by atoms with van der Waals surface area (Å²) in [6, 6.07) is 50.8. The zero-order valence-electron chi connectivity index (χ0n) is 25.3. The van der Waals surface area contributed by atoms with Crippen molar-refractivity contribution < 1.29 is 0 Å². The molecule has 6 aromatic rings. The van der Waals surface area contributed by atoms with E-state index in [0.29, 0.717) is 0 Å². The first-order chi connectivity index (χ1) is 21.6. The van der Waals surface area contributed by atoms with Gasteiger partial charge in [0.2, 0.25) is 0 Å². The highest BCUT2D eigenvalue weighted by Crippen LogP contribution is 2.56. The van der Waals surface area contributed by atoms with E-state index in [1.165, 1.54) is 55.4 Å². The van der Waals surface area contributed by atoms with Crippen LogP contribution < -0.4 is 4.90 Å². The van der Waals surface area contributed by atoms with Gasteiger partial charge < -0.3 is 4.90 Å². The Morgan fingerprint density at radius 1 is 0.568 bits per heavy atom. The Morgan fingerprint density at radius 2 is 1.09 bits per heavy atom. The SMILES string of the molecule is CC1(C)C2=C(C=CCC2)c2c1cc1ccccc1c2N(c1ccc(-c2ccccc2)cc1)c1ccc(-c2ccccc2)cc1. The number of fused-ring (bicyclic) bond motifs is 3. The highest BCUT2D eigenvalue weighted by atomic mass is 15.1. The third-order valence-corrected chi connectivity index (χ3v) is 9.58. The van der Waals surface area contributed by atoms with E-state index >= 15 is 0 Å². The minimum atomic E-state index is -0.0196. The first kappa shape index (κ1) is 26.5. The van der Waals surface area contributed by atoms with Gasteiger partial charge in [-0.2, -0.15) is 0 Å². The van der Waals surface area contributed by atoms with Crippen LogP contribution in [0.15, 0.2) is 157 Å². The fourth-order valence-electron chi connectivity index (χ4n) is 7.31. The van der Waals surface area contributed by atoms with Gasteiger partial charge in [-0.25, -0.2) is 0 Å². The van der Waals surface area contributed by atoms with Gasteiger partial charge in [0.25, 0.3) is 0 Å². The van der Waals surface area contributed by atoms with Crippen LogP contribution in [0.3, 0.4) is 0 Å². The molecule has 0 unspecified atom stereocenters. The smallest absolute Gasteiger partial charge is 0.0621 e. The molecule has 6 aromatic carbocycles. The molecule has 0 heterocycles. The van der Waals surface area contributed by atoms with Crippen molar-refractivity contribution in [1.82, 2.24) is 0 Å². The zero-order chi connectivity index (χ0) is 29.7. The highest BCUT2D eigenvalue weighted by molar-refractivity contribution is 6.09. The molecule has 0 spiro atoms. The van der Waals surface area contributed by atoms with Crippen LogP contribution in [0.25, 0.3) is 38.6 Å². The third kappa shape index (κ3) is 4.31. The van der Waals surface area contributed by atoms with Gasteiger partial charge in [0, 0.05) is 27.7 Å². The first-order valence-electron chi connectivity index (χ1n) is 15.7. The van der Waals surface area contributed by atoms with Crippen LogP contribution in [0.5, 0.6) is 0 Å². The average Bonchev–Trinajstić information content (AvgIpc) is 3.32. The second-order valence-electron chi connectivity index (χ2n) is 12.5.